The van der Waals surface area contributed by atoms with Gasteiger partial charge in [-0.05, 0) is 68.6 Å². The lowest BCUT2D eigenvalue weighted by Crippen LogP contribution is -2.61. The molecule has 1 aromatic rings. The quantitative estimate of drug-likeness (QED) is 0.484. The summed E-state index contributed by atoms with van der Waals surface area (Å²) in [7, 11) is 1.63. The van der Waals surface area contributed by atoms with Crippen molar-refractivity contribution in [1.82, 2.24) is 9.80 Å². The lowest BCUT2D eigenvalue weighted by atomic mass is 9.85. The summed E-state index contributed by atoms with van der Waals surface area (Å²) in [5.41, 5.74) is 0.833. The molecule has 0 unspecified atom stereocenters. The number of nitrogens with zero attached hydrogens (tertiary/aromatic N) is 2. The average molecular weight is 485 g/mol. The molecule has 2 aliphatic carbocycles. The Kier molecular flexibility index (Phi) is 8.96. The summed E-state index contributed by atoms with van der Waals surface area (Å²) < 4.78 is 11.5. The van der Waals surface area contributed by atoms with Gasteiger partial charge in [0.05, 0.1) is 13.7 Å². The predicted molar refractivity (Wildman–Crippen MR) is 138 cm³/mol. The van der Waals surface area contributed by atoms with Crippen LogP contribution in [-0.2, 0) is 9.59 Å². The van der Waals surface area contributed by atoms with Gasteiger partial charge < -0.3 is 19.3 Å². The molecule has 194 valence electrons. The number of hydrogen-bond donors (Lipinski definition) is 0. The summed E-state index contributed by atoms with van der Waals surface area (Å²) in [5, 5.41) is 0. The minimum absolute atomic E-state index is 0.0792. The van der Waals surface area contributed by atoms with Crippen LogP contribution in [0.4, 0.5) is 0 Å². The molecule has 0 spiro atoms. The van der Waals surface area contributed by atoms with E-state index in [9.17, 15) is 9.59 Å². The predicted octanol–water partition coefficient (Wildman–Crippen LogP) is 5.89. The second-order valence-corrected chi connectivity index (χ2v) is 10.8. The van der Waals surface area contributed by atoms with Gasteiger partial charge in [-0.1, -0.05) is 52.0 Å². The molecule has 0 radical (unpaired) electrons. The minimum Gasteiger partial charge on any atom is -0.493 e. The van der Waals surface area contributed by atoms with E-state index in [1.165, 1.54) is 19.3 Å². The van der Waals surface area contributed by atoms with Crippen molar-refractivity contribution in [3.63, 3.8) is 0 Å². The first-order valence-corrected chi connectivity index (χ1v) is 14.0. The van der Waals surface area contributed by atoms with Crippen molar-refractivity contribution in [1.29, 1.82) is 0 Å². The Hall–Kier alpha value is -2.24. The van der Waals surface area contributed by atoms with Crippen LogP contribution in [0.3, 0.4) is 0 Å². The van der Waals surface area contributed by atoms with Gasteiger partial charge in [-0.25, -0.2) is 0 Å². The second kappa shape index (κ2) is 12.1. The van der Waals surface area contributed by atoms with E-state index in [1.807, 2.05) is 28.0 Å². The van der Waals surface area contributed by atoms with Crippen LogP contribution in [-0.4, -0.2) is 54.0 Å². The molecule has 0 N–H and O–H groups in total. The van der Waals surface area contributed by atoms with Crippen molar-refractivity contribution in [3.8, 4) is 11.5 Å². The molecule has 3 aliphatic rings. The number of ether oxygens (including phenoxy) is 2. The van der Waals surface area contributed by atoms with Crippen molar-refractivity contribution < 1.29 is 19.1 Å². The monoisotopic (exact) mass is 484 g/mol. The molecule has 0 bridgehead atoms. The Balaban J connectivity index is 1.68. The third-order valence-electron chi connectivity index (χ3n) is 8.25. The fourth-order valence-electron chi connectivity index (χ4n) is 6.20. The summed E-state index contributed by atoms with van der Waals surface area (Å²) >= 11 is 0. The van der Waals surface area contributed by atoms with Crippen molar-refractivity contribution in [3.05, 3.63) is 23.8 Å². The molecule has 2 saturated carbocycles. The summed E-state index contributed by atoms with van der Waals surface area (Å²) in [4.78, 5) is 31.8. The number of carbonyl (C=O) groups is 2. The van der Waals surface area contributed by atoms with Gasteiger partial charge in [-0.2, -0.15) is 0 Å². The van der Waals surface area contributed by atoms with Crippen LogP contribution in [0.5, 0.6) is 11.5 Å². The number of amides is 2. The van der Waals surface area contributed by atoms with Crippen molar-refractivity contribution in [2.75, 3.05) is 20.3 Å². The SMILES string of the molecule is CCCOc1ccc([C@H]2C(=O)N(C3CCC(C)CC3)CC(=O)N2C2CCCCCCC2)cc1OC. The molecule has 3 fully saturated rings. The minimum atomic E-state index is -0.589. The smallest absolute Gasteiger partial charge is 0.250 e. The van der Waals surface area contributed by atoms with E-state index in [2.05, 4.69) is 13.8 Å². The van der Waals surface area contributed by atoms with E-state index >= 15 is 0 Å². The molecule has 35 heavy (non-hydrogen) atoms. The molecule has 4 rings (SSSR count). The molecule has 1 aliphatic heterocycles. The highest BCUT2D eigenvalue weighted by molar-refractivity contribution is 5.96. The lowest BCUT2D eigenvalue weighted by Gasteiger charge is -2.48. The topological polar surface area (TPSA) is 59.1 Å². The van der Waals surface area contributed by atoms with Crippen LogP contribution in [0.2, 0.25) is 0 Å². The highest BCUT2D eigenvalue weighted by Gasteiger charge is 2.45. The molecular formula is C29H44N2O4. The van der Waals surface area contributed by atoms with Gasteiger partial charge >= 0.3 is 0 Å². The van der Waals surface area contributed by atoms with E-state index in [1.54, 1.807) is 7.11 Å². The first-order chi connectivity index (χ1) is 17.0. The van der Waals surface area contributed by atoms with Gasteiger partial charge in [0.25, 0.3) is 5.91 Å². The van der Waals surface area contributed by atoms with E-state index in [-0.39, 0.29) is 30.4 Å². The van der Waals surface area contributed by atoms with Gasteiger partial charge in [0, 0.05) is 12.1 Å². The largest absolute Gasteiger partial charge is 0.493 e. The van der Waals surface area contributed by atoms with Crippen molar-refractivity contribution in [2.45, 2.75) is 109 Å². The first-order valence-electron chi connectivity index (χ1n) is 14.0. The maximum atomic E-state index is 14.2. The van der Waals surface area contributed by atoms with Crippen LogP contribution in [0.25, 0.3) is 0 Å². The van der Waals surface area contributed by atoms with E-state index < -0.39 is 6.04 Å². The van der Waals surface area contributed by atoms with Crippen LogP contribution < -0.4 is 9.47 Å². The number of methoxy groups -OCH3 is 1. The van der Waals surface area contributed by atoms with Crippen LogP contribution >= 0.6 is 0 Å². The Morgan fingerprint density at radius 3 is 2.23 bits per heavy atom. The lowest BCUT2D eigenvalue weighted by molar-refractivity contribution is -0.162. The average Bonchev–Trinajstić information content (AvgIpc) is 2.84. The van der Waals surface area contributed by atoms with Gasteiger partial charge in [0.15, 0.2) is 11.5 Å². The summed E-state index contributed by atoms with van der Waals surface area (Å²) in [5.74, 6) is 2.18. The Morgan fingerprint density at radius 1 is 0.886 bits per heavy atom. The van der Waals surface area contributed by atoms with Gasteiger partial charge in [-0.3, -0.25) is 9.59 Å². The third kappa shape index (κ3) is 5.95. The first kappa shape index (κ1) is 25.8. The molecule has 0 aromatic heterocycles. The van der Waals surface area contributed by atoms with E-state index in [0.717, 1.165) is 63.4 Å². The Morgan fingerprint density at radius 2 is 1.57 bits per heavy atom. The normalized spacial score (nSPS) is 26.9. The zero-order valence-electron chi connectivity index (χ0n) is 22.0. The van der Waals surface area contributed by atoms with Crippen molar-refractivity contribution in [2.24, 2.45) is 5.92 Å². The highest BCUT2D eigenvalue weighted by atomic mass is 16.5. The molecule has 2 amide bonds. The fraction of sp³-hybridized carbons (Fsp3) is 0.724. The molecule has 6 heteroatoms. The third-order valence-corrected chi connectivity index (χ3v) is 8.25. The molecule has 1 saturated heterocycles. The second-order valence-electron chi connectivity index (χ2n) is 10.8. The molecule has 1 heterocycles. The number of piperazine rings is 1. The molecule has 6 nitrogen and oxygen atoms in total. The van der Waals surface area contributed by atoms with Gasteiger partial charge in [-0.15, -0.1) is 0 Å². The van der Waals surface area contributed by atoms with Crippen LogP contribution in [0, 0.1) is 5.92 Å². The van der Waals surface area contributed by atoms with E-state index in [0.29, 0.717) is 24.0 Å². The van der Waals surface area contributed by atoms with Crippen LogP contribution in [0.15, 0.2) is 18.2 Å². The zero-order chi connectivity index (χ0) is 24.8. The maximum Gasteiger partial charge on any atom is 0.250 e. The van der Waals surface area contributed by atoms with Crippen LogP contribution in [0.1, 0.15) is 103 Å². The summed E-state index contributed by atoms with van der Waals surface area (Å²) in [6.07, 6.45) is 13.0. The Bertz CT molecular complexity index is 856. The maximum absolute atomic E-state index is 14.2. The fourth-order valence-corrected chi connectivity index (χ4v) is 6.20. The Labute approximate surface area is 211 Å². The molecule has 1 atom stereocenters. The molecular weight excluding hydrogens is 440 g/mol. The van der Waals surface area contributed by atoms with Crippen molar-refractivity contribution >= 4 is 11.8 Å². The number of rotatable bonds is 7. The highest BCUT2D eigenvalue weighted by Crippen LogP contribution is 2.39. The van der Waals surface area contributed by atoms with Gasteiger partial charge in [0.1, 0.15) is 12.6 Å². The summed E-state index contributed by atoms with van der Waals surface area (Å²) in [6, 6.07) is 5.48. The number of carbonyl (C=O) groups excluding carboxylic acids is 2. The zero-order valence-corrected chi connectivity index (χ0v) is 22.0. The standard InChI is InChI=1S/C29H44N2O4/c1-4-18-35-25-17-14-22(19-26(25)34-3)28-29(33)30(23-15-12-21(2)13-16-23)20-27(32)31(28)24-10-8-6-5-7-9-11-24/h14,17,19,21,23-24,28H,4-13,15-16,18,20H2,1-3H3/t21?,23?,28-/m0/s1. The summed E-state index contributed by atoms with van der Waals surface area (Å²) in [6.45, 7) is 5.19. The number of hydrogen-bond acceptors (Lipinski definition) is 4. The molecule has 1 aromatic carbocycles. The van der Waals surface area contributed by atoms with E-state index in [4.69, 9.17) is 9.47 Å². The number of benzene rings is 1. The van der Waals surface area contributed by atoms with Gasteiger partial charge in [0.2, 0.25) is 5.91 Å².